The lowest BCUT2D eigenvalue weighted by Crippen LogP contribution is -2.32. The molecule has 170 valence electrons. The first kappa shape index (κ1) is 22.6. The molecule has 0 radical (unpaired) electrons. The van der Waals surface area contributed by atoms with Crippen LogP contribution in [-0.4, -0.2) is 29.7 Å². The number of nitrogens with one attached hydrogen (secondary N) is 1. The van der Waals surface area contributed by atoms with Crippen molar-refractivity contribution in [1.29, 1.82) is 5.26 Å². The van der Waals surface area contributed by atoms with Gasteiger partial charge in [0.25, 0.3) is 5.91 Å². The number of para-hydroxylation sites is 1. The molecule has 1 aliphatic heterocycles. The summed E-state index contributed by atoms with van der Waals surface area (Å²) >= 11 is 0. The van der Waals surface area contributed by atoms with E-state index in [4.69, 9.17) is 4.74 Å². The minimum atomic E-state index is -4.42. The average molecular weight is 453 g/mol. The number of hydrogen-bond acceptors (Lipinski definition) is 3. The fourth-order valence-electron chi connectivity index (χ4n) is 3.97. The number of fused-ring (bicyclic) bond motifs is 1. The van der Waals surface area contributed by atoms with Gasteiger partial charge in [0.1, 0.15) is 11.6 Å². The summed E-state index contributed by atoms with van der Waals surface area (Å²) in [6, 6.07) is 14.5. The Morgan fingerprint density at radius 3 is 2.79 bits per heavy atom. The summed E-state index contributed by atoms with van der Waals surface area (Å²) in [6.07, 6.45) is 0.623. The Morgan fingerprint density at radius 1 is 1.24 bits per heavy atom. The van der Waals surface area contributed by atoms with Crippen LogP contribution in [-0.2, 0) is 22.3 Å². The first-order valence-corrected chi connectivity index (χ1v) is 10.6. The molecule has 0 unspecified atom stereocenters. The number of ether oxygens (including phenoxy) is 1. The highest BCUT2D eigenvalue weighted by atomic mass is 19.4. The highest BCUT2D eigenvalue weighted by molar-refractivity contribution is 6.04. The normalized spacial score (nSPS) is 16.7. The van der Waals surface area contributed by atoms with Gasteiger partial charge in [0.2, 0.25) is 0 Å². The Labute approximate surface area is 189 Å². The molecule has 4 rings (SSSR count). The van der Waals surface area contributed by atoms with Crippen molar-refractivity contribution in [2.24, 2.45) is 0 Å². The van der Waals surface area contributed by atoms with Crippen molar-refractivity contribution in [3.8, 4) is 6.07 Å². The van der Waals surface area contributed by atoms with E-state index in [-0.39, 0.29) is 18.2 Å². The average Bonchev–Trinajstić information content (AvgIpc) is 3.44. The molecule has 0 spiro atoms. The number of alkyl halides is 3. The molecule has 0 aliphatic carbocycles. The summed E-state index contributed by atoms with van der Waals surface area (Å²) in [4.78, 5) is 12.5. The Kier molecular flexibility index (Phi) is 6.52. The van der Waals surface area contributed by atoms with Crippen LogP contribution in [0.3, 0.4) is 0 Å². The van der Waals surface area contributed by atoms with Gasteiger partial charge in [-0.15, -0.1) is 0 Å². The molecule has 1 saturated heterocycles. The second-order valence-corrected chi connectivity index (χ2v) is 7.94. The van der Waals surface area contributed by atoms with Gasteiger partial charge in [-0.25, -0.2) is 0 Å². The lowest BCUT2D eigenvalue weighted by atomic mass is 10.1. The van der Waals surface area contributed by atoms with Crippen molar-refractivity contribution in [1.82, 2.24) is 9.88 Å². The van der Waals surface area contributed by atoms with Gasteiger partial charge in [-0.2, -0.15) is 18.4 Å². The Bertz CT molecular complexity index is 1230. The van der Waals surface area contributed by atoms with E-state index in [1.54, 1.807) is 12.3 Å². The first-order valence-electron chi connectivity index (χ1n) is 10.6. The number of amides is 1. The molecule has 33 heavy (non-hydrogen) atoms. The van der Waals surface area contributed by atoms with Gasteiger partial charge in [0.15, 0.2) is 0 Å². The number of carbonyl (C=O) groups excluding carboxylic acids is 1. The number of rotatable bonds is 6. The van der Waals surface area contributed by atoms with E-state index < -0.39 is 17.6 Å². The minimum Gasteiger partial charge on any atom is -0.376 e. The fraction of sp³-hybridized carbons (Fsp3) is 0.280. The summed E-state index contributed by atoms with van der Waals surface area (Å²) in [5.74, 6) is -0.484. The largest absolute Gasteiger partial charge is 0.416 e. The minimum absolute atomic E-state index is 0.0386. The monoisotopic (exact) mass is 453 g/mol. The molecule has 1 aromatic heterocycles. The second kappa shape index (κ2) is 9.51. The highest BCUT2D eigenvalue weighted by Crippen LogP contribution is 2.30. The molecule has 2 aromatic carbocycles. The van der Waals surface area contributed by atoms with Crippen LogP contribution < -0.4 is 5.32 Å². The Hall–Kier alpha value is -3.57. The lowest BCUT2D eigenvalue weighted by Gasteiger charge is -2.10. The Morgan fingerprint density at radius 2 is 2.06 bits per heavy atom. The molecule has 2 heterocycles. The van der Waals surface area contributed by atoms with Crippen LogP contribution in [0.4, 0.5) is 13.2 Å². The molecule has 0 bridgehead atoms. The van der Waals surface area contributed by atoms with Gasteiger partial charge in [0, 0.05) is 42.4 Å². The van der Waals surface area contributed by atoms with E-state index in [0.717, 1.165) is 35.9 Å². The first-order chi connectivity index (χ1) is 15.8. The van der Waals surface area contributed by atoms with Gasteiger partial charge in [-0.3, -0.25) is 4.79 Å². The zero-order chi connectivity index (χ0) is 23.4. The highest BCUT2D eigenvalue weighted by Gasteiger charge is 2.30. The van der Waals surface area contributed by atoms with Crippen LogP contribution in [0.2, 0.25) is 0 Å². The number of nitriles is 1. The van der Waals surface area contributed by atoms with Crippen molar-refractivity contribution in [2.45, 2.75) is 31.7 Å². The van der Waals surface area contributed by atoms with Crippen molar-refractivity contribution in [2.75, 3.05) is 13.2 Å². The van der Waals surface area contributed by atoms with Gasteiger partial charge >= 0.3 is 6.18 Å². The SMILES string of the molecule is N#C/C(=C\c1cn(Cc2cccc(C(F)(F)F)c2)c2ccccc12)C(=O)NC[C@@H]1CCCO1. The number of benzene rings is 2. The molecule has 5 nitrogen and oxygen atoms in total. The van der Waals surface area contributed by atoms with Gasteiger partial charge < -0.3 is 14.6 Å². The number of carbonyl (C=O) groups is 1. The maximum absolute atomic E-state index is 13.1. The second-order valence-electron chi connectivity index (χ2n) is 7.94. The zero-order valence-electron chi connectivity index (χ0n) is 17.7. The summed E-state index contributed by atoms with van der Waals surface area (Å²) in [6.45, 7) is 1.23. The van der Waals surface area contributed by atoms with E-state index in [1.807, 2.05) is 34.9 Å². The molecule has 1 atom stereocenters. The van der Waals surface area contributed by atoms with Crippen molar-refractivity contribution in [3.05, 3.63) is 77.0 Å². The molecule has 1 aliphatic rings. The van der Waals surface area contributed by atoms with Crippen molar-refractivity contribution >= 4 is 22.9 Å². The van der Waals surface area contributed by atoms with Crippen LogP contribution in [0.25, 0.3) is 17.0 Å². The fourth-order valence-corrected chi connectivity index (χ4v) is 3.97. The third-order valence-corrected chi connectivity index (χ3v) is 5.61. The summed E-state index contributed by atoms with van der Waals surface area (Å²) < 4.78 is 46.6. The van der Waals surface area contributed by atoms with Crippen LogP contribution >= 0.6 is 0 Å². The quantitative estimate of drug-likeness (QED) is 0.426. The predicted molar refractivity (Wildman–Crippen MR) is 118 cm³/mol. The topological polar surface area (TPSA) is 67.0 Å². The van der Waals surface area contributed by atoms with Crippen LogP contribution in [0, 0.1) is 11.3 Å². The summed E-state index contributed by atoms with van der Waals surface area (Å²) in [5.41, 5.74) is 1.18. The van der Waals surface area contributed by atoms with Gasteiger partial charge in [0.05, 0.1) is 11.7 Å². The maximum Gasteiger partial charge on any atom is 0.416 e. The number of halogens is 3. The molecular weight excluding hydrogens is 431 g/mol. The summed E-state index contributed by atoms with van der Waals surface area (Å²) in [5, 5.41) is 13.1. The predicted octanol–water partition coefficient (Wildman–Crippen LogP) is 4.91. The van der Waals surface area contributed by atoms with E-state index in [1.165, 1.54) is 12.1 Å². The van der Waals surface area contributed by atoms with Crippen molar-refractivity contribution in [3.63, 3.8) is 0 Å². The third kappa shape index (κ3) is 5.26. The molecule has 1 N–H and O–H groups in total. The lowest BCUT2D eigenvalue weighted by molar-refractivity contribution is -0.137. The Balaban J connectivity index is 1.61. The third-order valence-electron chi connectivity index (χ3n) is 5.61. The van der Waals surface area contributed by atoms with E-state index >= 15 is 0 Å². The number of hydrogen-bond donors (Lipinski definition) is 1. The van der Waals surface area contributed by atoms with Crippen LogP contribution in [0.5, 0.6) is 0 Å². The van der Waals surface area contributed by atoms with Gasteiger partial charge in [-0.1, -0.05) is 30.3 Å². The maximum atomic E-state index is 13.1. The standard InChI is InChI=1S/C25H22F3N3O2/c26-25(27,28)20-6-3-5-17(11-20)15-31-16-19(22-8-1-2-9-23(22)31)12-18(13-29)24(32)30-14-21-7-4-10-33-21/h1-3,5-6,8-9,11-12,16,21H,4,7,10,14-15H2,(H,30,32)/b18-12+/t21-/m0/s1. The molecule has 3 aromatic rings. The number of nitrogens with zero attached hydrogens (tertiary/aromatic N) is 2. The van der Waals surface area contributed by atoms with Crippen LogP contribution in [0.15, 0.2) is 60.3 Å². The van der Waals surface area contributed by atoms with E-state index in [0.29, 0.717) is 24.3 Å². The molecular formula is C25H22F3N3O2. The molecule has 8 heteroatoms. The summed E-state index contributed by atoms with van der Waals surface area (Å²) in [7, 11) is 0. The van der Waals surface area contributed by atoms with E-state index in [9.17, 15) is 23.2 Å². The van der Waals surface area contributed by atoms with E-state index in [2.05, 4.69) is 5.32 Å². The number of aromatic nitrogens is 1. The van der Waals surface area contributed by atoms with Gasteiger partial charge in [-0.05, 0) is 42.7 Å². The zero-order valence-corrected chi connectivity index (χ0v) is 17.7. The van der Waals surface area contributed by atoms with Crippen LogP contribution in [0.1, 0.15) is 29.5 Å². The molecule has 0 saturated carbocycles. The van der Waals surface area contributed by atoms with Crippen molar-refractivity contribution < 1.29 is 22.7 Å². The molecule has 1 fully saturated rings. The molecule has 1 amide bonds. The smallest absolute Gasteiger partial charge is 0.376 e.